The fraction of sp³-hybridized carbons (Fsp3) is 0.125. The molecule has 0 saturated heterocycles. The van der Waals surface area contributed by atoms with Crippen LogP contribution in [0, 0.1) is 0 Å². The summed E-state index contributed by atoms with van der Waals surface area (Å²) in [5.74, 6) is 0.466. The summed E-state index contributed by atoms with van der Waals surface area (Å²) >= 11 is 0. The Morgan fingerprint density at radius 3 is 2.82 bits per heavy atom. The fourth-order valence-electron chi connectivity index (χ4n) is 4.20. The summed E-state index contributed by atoms with van der Waals surface area (Å²) in [6, 6.07) is 9.72. The Kier molecular flexibility index (Phi) is 4.66. The predicted molar refractivity (Wildman–Crippen MR) is 128 cm³/mol. The van der Waals surface area contributed by atoms with Crippen LogP contribution in [0.4, 0.5) is 11.5 Å². The molecule has 0 saturated carbocycles. The summed E-state index contributed by atoms with van der Waals surface area (Å²) in [4.78, 5) is 28.3. The number of hydrogen-bond acceptors (Lipinski definition) is 7. The van der Waals surface area contributed by atoms with Crippen molar-refractivity contribution in [2.75, 3.05) is 18.4 Å². The number of H-pyrrole nitrogens is 2. The maximum Gasteiger partial charge on any atom is 0.259 e. The number of hydrogen-bond donors (Lipinski definition) is 4. The zero-order valence-corrected chi connectivity index (χ0v) is 17.6. The van der Waals surface area contributed by atoms with Gasteiger partial charge in [-0.2, -0.15) is 5.10 Å². The average molecular weight is 436 g/mol. The second kappa shape index (κ2) is 7.95. The SMILES string of the molecule is O=c1[nH]ccc2cc(-c3cncnc3)nc(Nc3ccc4c(C5=CCNCC5)n[nH]c4c3)c12. The third kappa shape index (κ3) is 3.54. The van der Waals surface area contributed by atoms with E-state index >= 15 is 0 Å². The van der Waals surface area contributed by atoms with Crippen molar-refractivity contribution in [1.29, 1.82) is 0 Å². The van der Waals surface area contributed by atoms with Crippen LogP contribution in [0.2, 0.25) is 0 Å². The highest BCUT2D eigenvalue weighted by Gasteiger charge is 2.15. The van der Waals surface area contributed by atoms with Crippen molar-refractivity contribution in [2.45, 2.75) is 6.42 Å². The number of aromatic nitrogens is 6. The third-order valence-corrected chi connectivity index (χ3v) is 5.80. The molecule has 4 N–H and O–H groups in total. The van der Waals surface area contributed by atoms with Gasteiger partial charge >= 0.3 is 0 Å². The molecule has 1 aliphatic heterocycles. The largest absolute Gasteiger partial charge is 0.339 e. The summed E-state index contributed by atoms with van der Waals surface area (Å²) < 4.78 is 0. The van der Waals surface area contributed by atoms with Crippen molar-refractivity contribution < 1.29 is 0 Å². The highest BCUT2D eigenvalue weighted by atomic mass is 16.1. The topological polar surface area (TPSA) is 124 Å². The van der Waals surface area contributed by atoms with Gasteiger partial charge in [0.05, 0.1) is 22.3 Å². The smallest absolute Gasteiger partial charge is 0.259 e. The lowest BCUT2D eigenvalue weighted by molar-refractivity contribution is 0.737. The summed E-state index contributed by atoms with van der Waals surface area (Å²) in [7, 11) is 0. The molecule has 0 radical (unpaired) electrons. The van der Waals surface area contributed by atoms with Gasteiger partial charge in [0.1, 0.15) is 12.1 Å². The molecule has 0 fully saturated rings. The molecule has 0 unspecified atom stereocenters. The Labute approximate surface area is 188 Å². The third-order valence-electron chi connectivity index (χ3n) is 5.80. The van der Waals surface area contributed by atoms with Crippen LogP contribution in [0.5, 0.6) is 0 Å². The van der Waals surface area contributed by atoms with Crippen molar-refractivity contribution >= 4 is 38.8 Å². The predicted octanol–water partition coefficient (Wildman–Crippen LogP) is 3.38. The van der Waals surface area contributed by atoms with E-state index in [2.05, 4.69) is 41.9 Å². The van der Waals surface area contributed by atoms with Gasteiger partial charge in [0.25, 0.3) is 5.56 Å². The Balaban J connectivity index is 1.43. The second-order valence-electron chi connectivity index (χ2n) is 7.90. The number of benzene rings is 1. The van der Waals surface area contributed by atoms with Crippen molar-refractivity contribution in [3.63, 3.8) is 0 Å². The van der Waals surface area contributed by atoms with Crippen molar-refractivity contribution in [2.24, 2.45) is 0 Å². The van der Waals surface area contributed by atoms with Gasteiger partial charge in [0, 0.05) is 41.8 Å². The van der Waals surface area contributed by atoms with Gasteiger partial charge in [0.15, 0.2) is 0 Å². The van der Waals surface area contributed by atoms with Gasteiger partial charge < -0.3 is 15.6 Å². The van der Waals surface area contributed by atoms with Crippen molar-refractivity contribution in [3.05, 3.63) is 77.4 Å². The molecule has 9 nitrogen and oxygen atoms in total. The van der Waals surface area contributed by atoms with E-state index in [4.69, 9.17) is 4.98 Å². The number of aromatic amines is 2. The second-order valence-corrected chi connectivity index (χ2v) is 7.90. The molecule has 0 bridgehead atoms. The summed E-state index contributed by atoms with van der Waals surface area (Å²) in [6.07, 6.45) is 9.65. The number of anilines is 2. The van der Waals surface area contributed by atoms with Crippen LogP contribution in [0.3, 0.4) is 0 Å². The Bertz CT molecular complexity index is 1570. The number of nitrogens with zero attached hydrogens (tertiary/aromatic N) is 4. The highest BCUT2D eigenvalue weighted by molar-refractivity contribution is 5.97. The van der Waals surface area contributed by atoms with Crippen LogP contribution in [0.25, 0.3) is 38.5 Å². The van der Waals surface area contributed by atoms with E-state index in [1.165, 1.54) is 11.9 Å². The summed E-state index contributed by atoms with van der Waals surface area (Å²) in [5, 5.41) is 16.7. The van der Waals surface area contributed by atoms with E-state index in [1.807, 2.05) is 30.3 Å². The minimum atomic E-state index is -0.207. The quantitative estimate of drug-likeness (QED) is 0.340. The normalized spacial score (nSPS) is 13.9. The fourth-order valence-corrected chi connectivity index (χ4v) is 4.20. The highest BCUT2D eigenvalue weighted by Crippen LogP contribution is 2.30. The van der Waals surface area contributed by atoms with Crippen LogP contribution < -0.4 is 16.2 Å². The lowest BCUT2D eigenvalue weighted by Gasteiger charge is -2.13. The van der Waals surface area contributed by atoms with Crippen LogP contribution in [-0.4, -0.2) is 43.2 Å². The molecular formula is C24H20N8O. The summed E-state index contributed by atoms with van der Waals surface area (Å²) in [6.45, 7) is 1.81. The summed E-state index contributed by atoms with van der Waals surface area (Å²) in [5.41, 5.74) is 5.20. The van der Waals surface area contributed by atoms with Crippen LogP contribution in [0.1, 0.15) is 12.1 Å². The monoisotopic (exact) mass is 436 g/mol. The molecule has 5 aromatic rings. The lowest BCUT2D eigenvalue weighted by atomic mass is 10.0. The van der Waals surface area contributed by atoms with Crippen LogP contribution in [-0.2, 0) is 0 Å². The van der Waals surface area contributed by atoms with E-state index in [1.54, 1.807) is 18.6 Å². The zero-order valence-electron chi connectivity index (χ0n) is 17.6. The van der Waals surface area contributed by atoms with E-state index in [-0.39, 0.29) is 5.56 Å². The van der Waals surface area contributed by atoms with Gasteiger partial charge in [-0.1, -0.05) is 6.08 Å². The molecule has 162 valence electrons. The molecule has 6 rings (SSSR count). The van der Waals surface area contributed by atoms with Crippen LogP contribution in [0.15, 0.2) is 66.1 Å². The molecule has 1 aromatic carbocycles. The number of fused-ring (bicyclic) bond motifs is 2. The molecule has 33 heavy (non-hydrogen) atoms. The molecule has 0 atom stereocenters. The first-order valence-corrected chi connectivity index (χ1v) is 10.7. The van der Waals surface area contributed by atoms with Crippen molar-refractivity contribution in [3.8, 4) is 11.3 Å². The minimum Gasteiger partial charge on any atom is -0.339 e. The van der Waals surface area contributed by atoms with Gasteiger partial charge in [-0.3, -0.25) is 9.89 Å². The first-order valence-electron chi connectivity index (χ1n) is 10.7. The Morgan fingerprint density at radius 1 is 1.06 bits per heavy atom. The van der Waals surface area contributed by atoms with Crippen LogP contribution >= 0.6 is 0 Å². The maximum atomic E-state index is 12.6. The molecule has 4 aromatic heterocycles. The molecule has 5 heterocycles. The van der Waals surface area contributed by atoms with Crippen molar-refractivity contribution in [1.82, 2.24) is 35.5 Å². The standard InChI is InChI=1S/C24H20N8O/c33-24-21-15(5-8-28-24)9-19(16-11-26-13-27-12-16)30-23(21)29-17-1-2-18-20(10-17)31-32-22(18)14-3-6-25-7-4-14/h1-3,5,8-13,25H,4,6-7H2,(H,28,33)(H,29,30)(H,31,32). The minimum absolute atomic E-state index is 0.207. The Hall–Kier alpha value is -4.37. The van der Waals surface area contributed by atoms with E-state index in [0.717, 1.165) is 52.7 Å². The van der Waals surface area contributed by atoms with Gasteiger partial charge in [0.2, 0.25) is 0 Å². The van der Waals surface area contributed by atoms with E-state index in [0.29, 0.717) is 16.9 Å². The first-order chi connectivity index (χ1) is 16.3. The first kappa shape index (κ1) is 19.3. The molecule has 1 aliphatic rings. The zero-order chi connectivity index (χ0) is 22.2. The average Bonchev–Trinajstić information content (AvgIpc) is 3.28. The van der Waals surface area contributed by atoms with Gasteiger partial charge in [-0.15, -0.1) is 0 Å². The molecular weight excluding hydrogens is 416 g/mol. The molecule has 0 aliphatic carbocycles. The molecule has 9 heteroatoms. The van der Waals surface area contributed by atoms with Gasteiger partial charge in [-0.25, -0.2) is 15.0 Å². The van der Waals surface area contributed by atoms with Gasteiger partial charge in [-0.05, 0) is 54.3 Å². The lowest BCUT2D eigenvalue weighted by Crippen LogP contribution is -2.20. The molecule has 0 spiro atoms. The number of nitrogens with one attached hydrogen (secondary N) is 4. The molecule has 0 amide bonds. The van der Waals surface area contributed by atoms with E-state index in [9.17, 15) is 4.79 Å². The Morgan fingerprint density at radius 2 is 1.97 bits per heavy atom. The maximum absolute atomic E-state index is 12.6. The van der Waals surface area contributed by atoms with E-state index < -0.39 is 0 Å². The number of pyridine rings is 2. The number of rotatable bonds is 4.